The van der Waals surface area contributed by atoms with Gasteiger partial charge >= 0.3 is 0 Å². The molecule has 0 heterocycles. The minimum absolute atomic E-state index is 0.0161. The van der Waals surface area contributed by atoms with Gasteiger partial charge < -0.3 is 15.8 Å². The van der Waals surface area contributed by atoms with Crippen molar-refractivity contribution >= 4 is 21.8 Å². The predicted molar refractivity (Wildman–Crippen MR) is 80.0 cm³/mol. The van der Waals surface area contributed by atoms with Gasteiger partial charge in [0.05, 0.1) is 11.6 Å². The van der Waals surface area contributed by atoms with Gasteiger partial charge in [-0.2, -0.15) is 0 Å². The first-order chi connectivity index (χ1) is 8.88. The summed E-state index contributed by atoms with van der Waals surface area (Å²) in [5.41, 5.74) is 6.47. The number of hydrogen-bond donors (Lipinski definition) is 2. The minimum Gasteiger partial charge on any atom is -0.496 e. The molecule has 0 aliphatic carbocycles. The highest BCUT2D eigenvalue weighted by Crippen LogP contribution is 2.25. The first-order valence-corrected chi connectivity index (χ1v) is 6.96. The number of nitrogens with one attached hydrogen (secondary N) is 1. The third-order valence-corrected chi connectivity index (χ3v) is 3.52. The first-order valence-electron chi connectivity index (χ1n) is 6.17. The maximum absolute atomic E-state index is 11.8. The summed E-state index contributed by atoms with van der Waals surface area (Å²) in [4.78, 5) is 11.8. The Morgan fingerprint density at radius 1 is 1.47 bits per heavy atom. The summed E-state index contributed by atoms with van der Waals surface area (Å²) in [6.07, 6.45) is 0.431. The third kappa shape index (κ3) is 5.20. The van der Waals surface area contributed by atoms with Crippen LogP contribution in [0.1, 0.15) is 25.8 Å². The van der Waals surface area contributed by atoms with Crippen LogP contribution in [0.2, 0.25) is 0 Å². The molecule has 0 spiro atoms. The van der Waals surface area contributed by atoms with E-state index >= 15 is 0 Å². The summed E-state index contributed by atoms with van der Waals surface area (Å²) < 4.78 is 6.04. The van der Waals surface area contributed by atoms with Crippen molar-refractivity contribution in [3.05, 3.63) is 28.2 Å². The van der Waals surface area contributed by atoms with Crippen LogP contribution in [-0.4, -0.2) is 19.6 Å². The van der Waals surface area contributed by atoms with E-state index in [1.807, 2.05) is 32.0 Å². The predicted octanol–water partition coefficient (Wildman–Crippen LogP) is 2.45. The Balaban J connectivity index is 2.53. The van der Waals surface area contributed by atoms with Gasteiger partial charge in [-0.15, -0.1) is 0 Å². The Morgan fingerprint density at radius 3 is 2.68 bits per heavy atom. The third-order valence-electron chi connectivity index (χ3n) is 2.90. The molecule has 106 valence electrons. The monoisotopic (exact) mass is 328 g/mol. The zero-order chi connectivity index (χ0) is 14.5. The fourth-order valence-corrected chi connectivity index (χ4v) is 2.18. The number of carbonyl (C=O) groups is 1. The van der Waals surface area contributed by atoms with Crippen LogP contribution in [0.15, 0.2) is 22.7 Å². The number of benzene rings is 1. The van der Waals surface area contributed by atoms with Crippen molar-refractivity contribution in [1.29, 1.82) is 0 Å². The molecule has 0 bridgehead atoms. The van der Waals surface area contributed by atoms with E-state index < -0.39 is 0 Å². The molecule has 0 aromatic heterocycles. The number of ether oxygens (including phenoxy) is 1. The molecule has 1 aromatic carbocycles. The fourth-order valence-electron chi connectivity index (χ4n) is 1.59. The van der Waals surface area contributed by atoms with Gasteiger partial charge in [0.1, 0.15) is 5.75 Å². The quantitative estimate of drug-likeness (QED) is 0.843. The van der Waals surface area contributed by atoms with Crippen LogP contribution >= 0.6 is 15.9 Å². The molecule has 0 atom stereocenters. The van der Waals surface area contributed by atoms with Crippen LogP contribution < -0.4 is 15.8 Å². The van der Waals surface area contributed by atoms with Crippen molar-refractivity contribution in [2.75, 3.05) is 13.7 Å². The zero-order valence-corrected chi connectivity index (χ0v) is 13.2. The largest absolute Gasteiger partial charge is 0.496 e. The molecule has 1 aromatic rings. The van der Waals surface area contributed by atoms with E-state index in [0.29, 0.717) is 19.5 Å². The average molecular weight is 329 g/mol. The van der Waals surface area contributed by atoms with Crippen LogP contribution in [0.25, 0.3) is 0 Å². The summed E-state index contributed by atoms with van der Waals surface area (Å²) in [6, 6.07) is 5.74. The SMILES string of the molecule is COc1ccc(CNC(=O)CC(C)(C)CN)cc1Br. The van der Waals surface area contributed by atoms with Crippen molar-refractivity contribution < 1.29 is 9.53 Å². The van der Waals surface area contributed by atoms with E-state index in [2.05, 4.69) is 21.2 Å². The van der Waals surface area contributed by atoms with Crippen molar-refractivity contribution in [2.45, 2.75) is 26.8 Å². The van der Waals surface area contributed by atoms with Gasteiger partial charge in [0.15, 0.2) is 0 Å². The molecule has 1 amide bonds. The lowest BCUT2D eigenvalue weighted by atomic mass is 9.89. The maximum atomic E-state index is 11.8. The molecule has 0 radical (unpaired) electrons. The van der Waals surface area contributed by atoms with Crippen molar-refractivity contribution in [2.24, 2.45) is 11.1 Å². The Morgan fingerprint density at radius 2 is 2.16 bits per heavy atom. The Bertz CT molecular complexity index is 447. The highest BCUT2D eigenvalue weighted by atomic mass is 79.9. The first kappa shape index (κ1) is 16.0. The molecule has 0 aliphatic heterocycles. The molecular formula is C14H21BrN2O2. The van der Waals surface area contributed by atoms with Crippen LogP contribution in [0.5, 0.6) is 5.75 Å². The summed E-state index contributed by atoms with van der Waals surface area (Å²) >= 11 is 3.42. The maximum Gasteiger partial charge on any atom is 0.220 e. The minimum atomic E-state index is -0.162. The lowest BCUT2D eigenvalue weighted by Crippen LogP contribution is -2.32. The zero-order valence-electron chi connectivity index (χ0n) is 11.6. The summed E-state index contributed by atoms with van der Waals surface area (Å²) in [5, 5.41) is 2.90. The topological polar surface area (TPSA) is 64.3 Å². The van der Waals surface area contributed by atoms with Gasteiger partial charge in [0, 0.05) is 13.0 Å². The number of rotatable bonds is 6. The molecule has 0 saturated heterocycles. The summed E-state index contributed by atoms with van der Waals surface area (Å²) in [5.74, 6) is 0.793. The standard InChI is InChI=1S/C14H21BrN2O2/c1-14(2,9-16)7-13(18)17-8-10-4-5-12(19-3)11(15)6-10/h4-6H,7-9,16H2,1-3H3,(H,17,18). The van der Waals surface area contributed by atoms with Crippen LogP contribution in [0.4, 0.5) is 0 Å². The Kier molecular flexibility index (Phi) is 5.82. The van der Waals surface area contributed by atoms with Crippen LogP contribution in [-0.2, 0) is 11.3 Å². The number of amides is 1. The van der Waals surface area contributed by atoms with Gasteiger partial charge in [-0.3, -0.25) is 4.79 Å². The van der Waals surface area contributed by atoms with E-state index in [1.165, 1.54) is 0 Å². The van der Waals surface area contributed by atoms with Gasteiger partial charge in [-0.05, 0) is 45.6 Å². The number of halogens is 1. The highest BCUT2D eigenvalue weighted by molar-refractivity contribution is 9.10. The molecule has 3 N–H and O–H groups in total. The second-order valence-electron chi connectivity index (χ2n) is 5.29. The number of nitrogens with two attached hydrogens (primary N) is 1. The lowest BCUT2D eigenvalue weighted by Gasteiger charge is -2.21. The van der Waals surface area contributed by atoms with E-state index in [4.69, 9.17) is 10.5 Å². The highest BCUT2D eigenvalue weighted by Gasteiger charge is 2.19. The van der Waals surface area contributed by atoms with Crippen molar-refractivity contribution in [3.8, 4) is 5.75 Å². The van der Waals surface area contributed by atoms with Gasteiger partial charge in [0.2, 0.25) is 5.91 Å². The van der Waals surface area contributed by atoms with Crippen LogP contribution in [0, 0.1) is 5.41 Å². The summed E-state index contributed by atoms with van der Waals surface area (Å²) in [6.45, 7) is 4.96. The molecule has 0 saturated carbocycles. The lowest BCUT2D eigenvalue weighted by molar-refractivity contribution is -0.123. The molecule has 0 fully saturated rings. The molecule has 4 nitrogen and oxygen atoms in total. The molecule has 1 rings (SSSR count). The van der Waals surface area contributed by atoms with E-state index in [0.717, 1.165) is 15.8 Å². The van der Waals surface area contributed by atoms with Crippen molar-refractivity contribution in [3.63, 3.8) is 0 Å². The fraction of sp³-hybridized carbons (Fsp3) is 0.500. The molecule has 5 heteroatoms. The van der Waals surface area contributed by atoms with Gasteiger partial charge in [-0.25, -0.2) is 0 Å². The van der Waals surface area contributed by atoms with Crippen molar-refractivity contribution in [1.82, 2.24) is 5.32 Å². The number of hydrogen-bond acceptors (Lipinski definition) is 3. The molecule has 0 unspecified atom stereocenters. The van der Waals surface area contributed by atoms with Gasteiger partial charge in [0.25, 0.3) is 0 Å². The van der Waals surface area contributed by atoms with E-state index in [-0.39, 0.29) is 11.3 Å². The number of carbonyl (C=O) groups excluding carboxylic acids is 1. The Labute approximate surface area is 122 Å². The van der Waals surface area contributed by atoms with E-state index in [1.54, 1.807) is 7.11 Å². The average Bonchev–Trinajstić information content (AvgIpc) is 2.36. The smallest absolute Gasteiger partial charge is 0.220 e. The molecular weight excluding hydrogens is 308 g/mol. The molecule has 0 aliphatic rings. The van der Waals surface area contributed by atoms with Crippen LogP contribution in [0.3, 0.4) is 0 Å². The number of methoxy groups -OCH3 is 1. The second-order valence-corrected chi connectivity index (χ2v) is 6.15. The normalized spacial score (nSPS) is 11.2. The second kappa shape index (κ2) is 6.91. The Hall–Kier alpha value is -1.07. The summed E-state index contributed by atoms with van der Waals surface area (Å²) in [7, 11) is 1.62. The van der Waals surface area contributed by atoms with Gasteiger partial charge in [-0.1, -0.05) is 19.9 Å². The van der Waals surface area contributed by atoms with E-state index in [9.17, 15) is 4.79 Å². The molecule has 19 heavy (non-hydrogen) atoms.